The molecule has 0 bridgehead atoms. The van der Waals surface area contributed by atoms with E-state index >= 15 is 0 Å². The number of amides is 3. The Morgan fingerprint density at radius 3 is 2.56 bits per heavy atom. The zero-order chi connectivity index (χ0) is 19.4. The van der Waals surface area contributed by atoms with Crippen LogP contribution >= 0.6 is 22.9 Å². The number of fused-ring (bicyclic) bond motifs is 1. The number of nitrogens with zero attached hydrogens (tertiary/aromatic N) is 1. The molecule has 8 heteroatoms. The van der Waals surface area contributed by atoms with Gasteiger partial charge in [0.25, 0.3) is 17.7 Å². The third-order valence-corrected chi connectivity index (χ3v) is 5.61. The van der Waals surface area contributed by atoms with Gasteiger partial charge < -0.3 is 11.1 Å². The van der Waals surface area contributed by atoms with Gasteiger partial charge in [-0.3, -0.25) is 19.3 Å². The van der Waals surface area contributed by atoms with Gasteiger partial charge in [-0.1, -0.05) is 30.5 Å². The van der Waals surface area contributed by atoms with Gasteiger partial charge in [-0.2, -0.15) is 0 Å². The average molecular weight is 406 g/mol. The number of halogens is 1. The van der Waals surface area contributed by atoms with Gasteiger partial charge in [0, 0.05) is 6.54 Å². The molecule has 0 atom stereocenters. The van der Waals surface area contributed by atoms with Crippen LogP contribution in [-0.2, 0) is 0 Å². The monoisotopic (exact) mass is 405 g/mol. The number of hydrogen-bond donors (Lipinski definition) is 2. The molecule has 2 aromatic rings. The van der Waals surface area contributed by atoms with Crippen LogP contribution in [0.2, 0.25) is 4.34 Å². The quantitative estimate of drug-likeness (QED) is 0.516. The summed E-state index contributed by atoms with van der Waals surface area (Å²) in [5.41, 5.74) is 6.39. The van der Waals surface area contributed by atoms with E-state index in [1.54, 1.807) is 30.3 Å². The molecule has 0 aliphatic carbocycles. The molecule has 0 radical (unpaired) electrons. The largest absolute Gasteiger partial charge is 0.330 e. The lowest BCUT2D eigenvalue weighted by Crippen LogP contribution is -2.30. The van der Waals surface area contributed by atoms with E-state index in [0.29, 0.717) is 33.6 Å². The standard InChI is InChI=1S/C19H20ClN3O3S/c20-15-9-8-14(27-15)17(24)22-13-7-5-6-12-16(13)19(26)23(18(12)25)11-4-2-1-3-10-21/h5-9H,1-4,10-11,21H2,(H,22,24). The molecule has 142 valence electrons. The number of nitrogens with one attached hydrogen (secondary N) is 1. The van der Waals surface area contributed by atoms with Crippen LogP contribution in [0.5, 0.6) is 0 Å². The molecule has 1 aliphatic rings. The summed E-state index contributed by atoms with van der Waals surface area (Å²) in [5, 5.41) is 2.73. The first-order chi connectivity index (χ1) is 13.0. The Bertz CT molecular complexity index is 881. The summed E-state index contributed by atoms with van der Waals surface area (Å²) in [6.45, 7) is 1.01. The third-order valence-electron chi connectivity index (χ3n) is 4.38. The molecule has 2 heterocycles. The molecular formula is C19H20ClN3O3S. The van der Waals surface area contributed by atoms with Crippen LogP contribution in [0.25, 0.3) is 0 Å². The number of benzene rings is 1. The second-order valence-electron chi connectivity index (χ2n) is 6.25. The van der Waals surface area contributed by atoms with Crippen LogP contribution in [0.3, 0.4) is 0 Å². The molecule has 1 aromatic carbocycles. The summed E-state index contributed by atoms with van der Waals surface area (Å²) >= 11 is 7.02. The topological polar surface area (TPSA) is 92.5 Å². The predicted octanol–water partition coefficient (Wildman–Crippen LogP) is 3.77. The highest BCUT2D eigenvalue weighted by Gasteiger charge is 2.37. The fourth-order valence-electron chi connectivity index (χ4n) is 3.03. The Morgan fingerprint density at radius 2 is 1.85 bits per heavy atom. The van der Waals surface area contributed by atoms with Crippen LogP contribution < -0.4 is 11.1 Å². The number of unbranched alkanes of at least 4 members (excludes halogenated alkanes) is 3. The number of rotatable bonds is 8. The first-order valence-electron chi connectivity index (χ1n) is 8.79. The van der Waals surface area contributed by atoms with Crippen molar-refractivity contribution < 1.29 is 14.4 Å². The molecule has 0 unspecified atom stereocenters. The first kappa shape index (κ1) is 19.5. The van der Waals surface area contributed by atoms with Gasteiger partial charge in [0.1, 0.15) is 0 Å². The first-order valence-corrected chi connectivity index (χ1v) is 9.98. The number of imide groups is 1. The highest BCUT2D eigenvalue weighted by Crippen LogP contribution is 2.31. The Balaban J connectivity index is 1.74. The zero-order valence-corrected chi connectivity index (χ0v) is 16.2. The van der Waals surface area contributed by atoms with Crippen molar-refractivity contribution in [1.29, 1.82) is 0 Å². The molecule has 0 spiro atoms. The van der Waals surface area contributed by atoms with Crippen LogP contribution in [0.4, 0.5) is 5.69 Å². The number of nitrogens with two attached hydrogens (primary N) is 1. The minimum Gasteiger partial charge on any atom is -0.330 e. The average Bonchev–Trinajstić information content (AvgIpc) is 3.19. The van der Waals surface area contributed by atoms with E-state index in [9.17, 15) is 14.4 Å². The minimum atomic E-state index is -0.367. The lowest BCUT2D eigenvalue weighted by Gasteiger charge is -2.13. The van der Waals surface area contributed by atoms with Crippen LogP contribution in [-0.4, -0.2) is 35.7 Å². The van der Waals surface area contributed by atoms with Gasteiger partial charge in [-0.25, -0.2) is 0 Å². The number of hydrogen-bond acceptors (Lipinski definition) is 5. The molecule has 3 N–H and O–H groups in total. The normalized spacial score (nSPS) is 13.2. The molecular weight excluding hydrogens is 386 g/mol. The van der Waals surface area contributed by atoms with Crippen LogP contribution in [0.15, 0.2) is 30.3 Å². The second-order valence-corrected chi connectivity index (χ2v) is 7.97. The second kappa shape index (κ2) is 8.65. The predicted molar refractivity (Wildman–Crippen MR) is 107 cm³/mol. The maximum atomic E-state index is 12.8. The van der Waals surface area contributed by atoms with Crippen LogP contribution in [0, 0.1) is 0 Å². The highest BCUT2D eigenvalue weighted by atomic mass is 35.5. The Morgan fingerprint density at radius 1 is 1.07 bits per heavy atom. The summed E-state index contributed by atoms with van der Waals surface area (Å²) in [7, 11) is 0. The maximum absolute atomic E-state index is 12.8. The third kappa shape index (κ3) is 4.21. The van der Waals surface area contributed by atoms with E-state index in [-0.39, 0.29) is 23.3 Å². The van der Waals surface area contributed by atoms with E-state index in [0.717, 1.165) is 37.0 Å². The molecule has 3 amide bonds. The summed E-state index contributed by atoms with van der Waals surface area (Å²) in [4.78, 5) is 39.5. The molecule has 0 saturated heterocycles. The lowest BCUT2D eigenvalue weighted by molar-refractivity contribution is 0.0651. The number of carbonyl (C=O) groups is 3. The van der Waals surface area contributed by atoms with Gasteiger partial charge in [0.2, 0.25) is 0 Å². The SMILES string of the molecule is NCCCCCCN1C(=O)c2cccc(NC(=O)c3ccc(Cl)s3)c2C1=O. The minimum absolute atomic E-state index is 0.250. The van der Waals surface area contributed by atoms with E-state index in [1.807, 2.05) is 0 Å². The van der Waals surface area contributed by atoms with Crippen molar-refractivity contribution in [3.8, 4) is 0 Å². The lowest BCUT2D eigenvalue weighted by atomic mass is 10.1. The van der Waals surface area contributed by atoms with Crippen molar-refractivity contribution in [3.63, 3.8) is 0 Å². The van der Waals surface area contributed by atoms with Gasteiger partial charge in [-0.05, 0) is 43.7 Å². The van der Waals surface area contributed by atoms with Gasteiger partial charge in [0.05, 0.1) is 26.0 Å². The molecule has 0 fully saturated rings. The summed E-state index contributed by atoms with van der Waals surface area (Å²) in [6, 6.07) is 8.15. The molecule has 1 aromatic heterocycles. The molecule has 1 aliphatic heterocycles. The van der Waals surface area contributed by atoms with Crippen molar-refractivity contribution in [2.75, 3.05) is 18.4 Å². The highest BCUT2D eigenvalue weighted by molar-refractivity contribution is 7.18. The van der Waals surface area contributed by atoms with E-state index < -0.39 is 0 Å². The van der Waals surface area contributed by atoms with E-state index in [4.69, 9.17) is 17.3 Å². The van der Waals surface area contributed by atoms with E-state index in [2.05, 4.69) is 5.32 Å². The summed E-state index contributed by atoms with van der Waals surface area (Å²) in [6.07, 6.45) is 3.56. The van der Waals surface area contributed by atoms with Gasteiger partial charge in [-0.15, -0.1) is 11.3 Å². The zero-order valence-electron chi connectivity index (χ0n) is 14.7. The maximum Gasteiger partial charge on any atom is 0.265 e. The Labute approximate surface area is 166 Å². The van der Waals surface area contributed by atoms with Gasteiger partial charge >= 0.3 is 0 Å². The van der Waals surface area contributed by atoms with Crippen LogP contribution in [0.1, 0.15) is 56.1 Å². The van der Waals surface area contributed by atoms with Crippen molar-refractivity contribution in [3.05, 3.63) is 50.7 Å². The summed E-state index contributed by atoms with van der Waals surface area (Å²) < 4.78 is 0.505. The van der Waals surface area contributed by atoms with Crippen molar-refractivity contribution in [2.24, 2.45) is 5.73 Å². The smallest absolute Gasteiger partial charge is 0.265 e. The van der Waals surface area contributed by atoms with Crippen molar-refractivity contribution >= 4 is 46.3 Å². The Kier molecular flexibility index (Phi) is 6.26. The Hall–Kier alpha value is -2.22. The number of carbonyl (C=O) groups excluding carboxylic acids is 3. The van der Waals surface area contributed by atoms with Crippen molar-refractivity contribution in [2.45, 2.75) is 25.7 Å². The summed E-state index contributed by atoms with van der Waals surface area (Å²) in [5.74, 6) is -1.04. The number of anilines is 1. The fraction of sp³-hybridized carbons (Fsp3) is 0.316. The van der Waals surface area contributed by atoms with Gasteiger partial charge in [0.15, 0.2) is 0 Å². The van der Waals surface area contributed by atoms with Crippen molar-refractivity contribution in [1.82, 2.24) is 4.90 Å². The fourth-order valence-corrected chi connectivity index (χ4v) is 3.97. The number of thiophene rings is 1. The molecule has 6 nitrogen and oxygen atoms in total. The van der Waals surface area contributed by atoms with E-state index in [1.165, 1.54) is 4.90 Å². The molecule has 0 saturated carbocycles. The molecule has 27 heavy (non-hydrogen) atoms. The molecule has 3 rings (SSSR count).